The van der Waals surface area contributed by atoms with Crippen molar-refractivity contribution in [2.75, 3.05) is 7.11 Å². The molecule has 0 radical (unpaired) electrons. The average molecular weight is 229 g/mol. The summed E-state index contributed by atoms with van der Waals surface area (Å²) < 4.78 is 5.18. The van der Waals surface area contributed by atoms with Crippen molar-refractivity contribution in [2.45, 2.75) is 12.5 Å². The summed E-state index contributed by atoms with van der Waals surface area (Å²) in [7, 11) is 1.66. The molecular weight excluding hydrogens is 214 g/mol. The Balaban J connectivity index is 2.10. The molecule has 0 aliphatic rings. The van der Waals surface area contributed by atoms with E-state index in [1.807, 2.05) is 24.3 Å². The van der Waals surface area contributed by atoms with Crippen LogP contribution in [-0.4, -0.2) is 17.1 Å². The fourth-order valence-electron chi connectivity index (χ4n) is 1.67. The monoisotopic (exact) mass is 229 g/mol. The normalized spacial score (nSPS) is 12.1. The van der Waals surface area contributed by atoms with Crippen LogP contribution in [0.4, 0.5) is 0 Å². The molecule has 0 bridgehead atoms. The molecule has 2 rings (SSSR count). The van der Waals surface area contributed by atoms with Crippen LogP contribution in [0.15, 0.2) is 43.0 Å². The maximum atomic E-state index is 6.10. The van der Waals surface area contributed by atoms with Gasteiger partial charge in [0.05, 0.1) is 7.11 Å². The summed E-state index contributed by atoms with van der Waals surface area (Å²) >= 11 is 0. The van der Waals surface area contributed by atoms with Crippen LogP contribution >= 0.6 is 0 Å². The molecule has 0 saturated carbocycles. The Hall–Kier alpha value is -1.94. The number of nitrogens with zero attached hydrogens (tertiary/aromatic N) is 2. The van der Waals surface area contributed by atoms with Crippen LogP contribution in [0, 0.1) is 0 Å². The molecule has 1 atom stereocenters. The van der Waals surface area contributed by atoms with Gasteiger partial charge in [-0.3, -0.25) is 0 Å². The Morgan fingerprint density at radius 1 is 1.29 bits per heavy atom. The molecule has 2 N–H and O–H groups in total. The largest absolute Gasteiger partial charge is 0.497 e. The molecule has 88 valence electrons. The van der Waals surface area contributed by atoms with Crippen LogP contribution in [0.2, 0.25) is 0 Å². The van der Waals surface area contributed by atoms with Crippen LogP contribution in [0.1, 0.15) is 17.2 Å². The molecule has 4 heteroatoms. The molecule has 0 saturated heterocycles. The zero-order valence-electron chi connectivity index (χ0n) is 9.71. The second-order valence-electron chi connectivity index (χ2n) is 3.83. The minimum Gasteiger partial charge on any atom is -0.497 e. The summed E-state index contributed by atoms with van der Waals surface area (Å²) in [4.78, 5) is 7.93. The molecule has 1 heterocycles. The van der Waals surface area contributed by atoms with Gasteiger partial charge in [0.2, 0.25) is 0 Å². The molecule has 0 aliphatic carbocycles. The second kappa shape index (κ2) is 5.41. The zero-order valence-corrected chi connectivity index (χ0v) is 9.71. The van der Waals surface area contributed by atoms with Gasteiger partial charge < -0.3 is 10.5 Å². The summed E-state index contributed by atoms with van der Waals surface area (Å²) in [5.41, 5.74) is 8.18. The van der Waals surface area contributed by atoms with Gasteiger partial charge in [-0.15, -0.1) is 0 Å². The van der Waals surface area contributed by atoms with E-state index in [2.05, 4.69) is 9.97 Å². The van der Waals surface area contributed by atoms with Gasteiger partial charge in [-0.25, -0.2) is 9.97 Å². The lowest BCUT2D eigenvalue weighted by Crippen LogP contribution is -2.13. The molecule has 1 aromatic heterocycles. The predicted octanol–water partition coefficient (Wildman–Crippen LogP) is 1.73. The molecule has 1 unspecified atom stereocenters. The molecule has 17 heavy (non-hydrogen) atoms. The van der Waals surface area contributed by atoms with Gasteiger partial charge in [-0.05, 0) is 24.1 Å². The molecule has 2 aromatic rings. The van der Waals surface area contributed by atoms with E-state index < -0.39 is 0 Å². The van der Waals surface area contributed by atoms with Crippen LogP contribution < -0.4 is 10.5 Å². The topological polar surface area (TPSA) is 61.0 Å². The van der Waals surface area contributed by atoms with Crippen LogP contribution in [0.25, 0.3) is 0 Å². The summed E-state index contributed by atoms with van der Waals surface area (Å²) in [6.45, 7) is 0. The lowest BCUT2D eigenvalue weighted by Gasteiger charge is -2.11. The Kier molecular flexibility index (Phi) is 3.67. The number of hydrogen-bond donors (Lipinski definition) is 1. The van der Waals surface area contributed by atoms with Gasteiger partial charge >= 0.3 is 0 Å². The molecular formula is C13H15N3O. The van der Waals surface area contributed by atoms with E-state index in [1.165, 1.54) is 6.33 Å². The Morgan fingerprint density at radius 2 is 2.06 bits per heavy atom. The maximum Gasteiger partial charge on any atom is 0.119 e. The number of ether oxygens (including phenoxy) is 1. The second-order valence-corrected chi connectivity index (χ2v) is 3.83. The van der Waals surface area contributed by atoms with Crippen molar-refractivity contribution in [1.29, 1.82) is 0 Å². The third kappa shape index (κ3) is 3.01. The van der Waals surface area contributed by atoms with Gasteiger partial charge in [-0.2, -0.15) is 0 Å². The van der Waals surface area contributed by atoms with E-state index >= 15 is 0 Å². The highest BCUT2D eigenvalue weighted by atomic mass is 16.5. The molecule has 0 spiro atoms. The van der Waals surface area contributed by atoms with E-state index in [0.29, 0.717) is 0 Å². The predicted molar refractivity (Wildman–Crippen MR) is 65.7 cm³/mol. The lowest BCUT2D eigenvalue weighted by molar-refractivity contribution is 0.414. The zero-order chi connectivity index (χ0) is 12.1. The van der Waals surface area contributed by atoms with Crippen molar-refractivity contribution in [3.63, 3.8) is 0 Å². The number of nitrogens with two attached hydrogens (primary N) is 1. The standard InChI is InChI=1S/C13H15N3O/c1-17-12-4-2-3-10(5-12)6-13(14)11-7-15-9-16-8-11/h2-5,7-9,13H,6,14H2,1H3. The van der Waals surface area contributed by atoms with Crippen LogP contribution in [0.3, 0.4) is 0 Å². The quantitative estimate of drug-likeness (QED) is 0.867. The van der Waals surface area contributed by atoms with E-state index in [-0.39, 0.29) is 6.04 Å². The van der Waals surface area contributed by atoms with Crippen molar-refractivity contribution in [1.82, 2.24) is 9.97 Å². The van der Waals surface area contributed by atoms with E-state index in [1.54, 1.807) is 19.5 Å². The van der Waals surface area contributed by atoms with Gasteiger partial charge in [-0.1, -0.05) is 12.1 Å². The number of benzene rings is 1. The van der Waals surface area contributed by atoms with Crippen molar-refractivity contribution in [2.24, 2.45) is 5.73 Å². The highest BCUT2D eigenvalue weighted by Crippen LogP contribution is 2.18. The van der Waals surface area contributed by atoms with Crippen molar-refractivity contribution in [3.05, 3.63) is 54.1 Å². The molecule has 0 amide bonds. The fourth-order valence-corrected chi connectivity index (χ4v) is 1.67. The van der Waals surface area contributed by atoms with Crippen molar-refractivity contribution < 1.29 is 4.74 Å². The number of rotatable bonds is 4. The Morgan fingerprint density at radius 3 is 2.76 bits per heavy atom. The molecule has 4 nitrogen and oxygen atoms in total. The van der Waals surface area contributed by atoms with Gasteiger partial charge in [0, 0.05) is 24.0 Å². The molecule has 1 aromatic carbocycles. The average Bonchev–Trinajstić information content (AvgIpc) is 2.40. The van der Waals surface area contributed by atoms with Crippen molar-refractivity contribution >= 4 is 0 Å². The summed E-state index contributed by atoms with van der Waals surface area (Å²) in [6, 6.07) is 7.81. The summed E-state index contributed by atoms with van der Waals surface area (Å²) in [6.07, 6.45) is 5.74. The SMILES string of the molecule is COc1cccc(CC(N)c2cncnc2)c1. The molecule has 0 fully saturated rings. The third-order valence-electron chi connectivity index (χ3n) is 2.60. The lowest BCUT2D eigenvalue weighted by atomic mass is 10.0. The van der Waals surface area contributed by atoms with E-state index in [0.717, 1.165) is 23.3 Å². The first-order valence-corrected chi connectivity index (χ1v) is 5.43. The highest BCUT2D eigenvalue weighted by Gasteiger charge is 2.07. The van der Waals surface area contributed by atoms with Gasteiger partial charge in [0.15, 0.2) is 0 Å². The first-order chi connectivity index (χ1) is 8.29. The van der Waals surface area contributed by atoms with Crippen molar-refractivity contribution in [3.8, 4) is 5.75 Å². The van der Waals surface area contributed by atoms with Crippen LogP contribution in [0.5, 0.6) is 5.75 Å². The van der Waals surface area contributed by atoms with Gasteiger partial charge in [0.1, 0.15) is 12.1 Å². The summed E-state index contributed by atoms with van der Waals surface area (Å²) in [5, 5.41) is 0. The minimum atomic E-state index is -0.0942. The van der Waals surface area contributed by atoms with E-state index in [9.17, 15) is 0 Å². The van der Waals surface area contributed by atoms with E-state index in [4.69, 9.17) is 10.5 Å². The Labute approximate surface area is 100 Å². The number of aromatic nitrogens is 2. The smallest absolute Gasteiger partial charge is 0.119 e. The first kappa shape index (κ1) is 11.5. The van der Waals surface area contributed by atoms with Crippen LogP contribution in [-0.2, 0) is 6.42 Å². The molecule has 0 aliphatic heterocycles. The van der Waals surface area contributed by atoms with Gasteiger partial charge in [0.25, 0.3) is 0 Å². The number of methoxy groups -OCH3 is 1. The highest BCUT2D eigenvalue weighted by molar-refractivity contribution is 5.29. The summed E-state index contributed by atoms with van der Waals surface area (Å²) in [5.74, 6) is 0.846. The third-order valence-corrected chi connectivity index (χ3v) is 2.60. The Bertz CT molecular complexity index is 473. The minimum absolute atomic E-state index is 0.0942. The fraction of sp³-hybridized carbons (Fsp3) is 0.231. The maximum absolute atomic E-state index is 6.10. The first-order valence-electron chi connectivity index (χ1n) is 5.43. The number of hydrogen-bond acceptors (Lipinski definition) is 4.